The van der Waals surface area contributed by atoms with Crippen molar-refractivity contribution in [3.63, 3.8) is 0 Å². The number of fused-ring (bicyclic) bond motifs is 4. The van der Waals surface area contributed by atoms with Crippen LogP contribution in [0.15, 0.2) is 12.5 Å². The molecule has 2 unspecified atom stereocenters. The number of hydrogen-bond acceptors (Lipinski definition) is 5. The quantitative estimate of drug-likeness (QED) is 0.386. The van der Waals surface area contributed by atoms with E-state index >= 15 is 0 Å². The maximum atomic E-state index is 12.0. The van der Waals surface area contributed by atoms with Gasteiger partial charge in [-0.15, -0.1) is 11.3 Å². The third kappa shape index (κ3) is 3.44. The van der Waals surface area contributed by atoms with Crippen LogP contribution in [0.4, 0.5) is 0 Å². The molecule has 0 aromatic carbocycles. The molecule has 5 heterocycles. The highest BCUT2D eigenvalue weighted by atomic mass is 32.1. The number of H-pyrrole nitrogens is 1. The van der Waals surface area contributed by atoms with Gasteiger partial charge in [0.1, 0.15) is 11.2 Å². The lowest BCUT2D eigenvalue weighted by Crippen LogP contribution is -2.53. The van der Waals surface area contributed by atoms with E-state index in [1.54, 1.807) is 11.2 Å². The summed E-state index contributed by atoms with van der Waals surface area (Å²) in [5, 5.41) is 8.87. The summed E-state index contributed by atoms with van der Waals surface area (Å²) in [6.07, 6.45) is 7.60. The van der Waals surface area contributed by atoms with E-state index in [0.29, 0.717) is 24.4 Å². The summed E-state index contributed by atoms with van der Waals surface area (Å²) in [6.45, 7) is 13.7. The van der Waals surface area contributed by atoms with Crippen LogP contribution in [0.25, 0.3) is 27.1 Å². The van der Waals surface area contributed by atoms with Gasteiger partial charge >= 0.3 is 0 Å². The molecule has 0 spiro atoms. The minimum absolute atomic E-state index is 0.194. The molecule has 3 fully saturated rings. The van der Waals surface area contributed by atoms with Gasteiger partial charge in [0.2, 0.25) is 5.91 Å². The summed E-state index contributed by atoms with van der Waals surface area (Å²) in [4.78, 5) is 25.7. The number of nitrogens with one attached hydrogen (secondary N) is 2. The lowest BCUT2D eigenvalue weighted by Gasteiger charge is -2.38. The number of piperazine rings is 1. The molecule has 4 aromatic heterocycles. The lowest BCUT2D eigenvalue weighted by molar-refractivity contribution is -0.125. The second-order valence-corrected chi connectivity index (χ2v) is 13.0. The van der Waals surface area contributed by atoms with Gasteiger partial charge in [0.25, 0.3) is 0 Å². The van der Waals surface area contributed by atoms with E-state index in [-0.39, 0.29) is 5.91 Å². The number of nitrogens with zero attached hydrogens (tertiary/aromatic N) is 4. The predicted molar refractivity (Wildman–Crippen MR) is 148 cm³/mol. The third-order valence-corrected chi connectivity index (χ3v) is 11.0. The van der Waals surface area contributed by atoms with Gasteiger partial charge in [-0.05, 0) is 86.0 Å². The van der Waals surface area contributed by atoms with E-state index < -0.39 is 0 Å². The molecule has 8 heteroatoms. The lowest BCUT2D eigenvalue weighted by atomic mass is 9.82. The fraction of sp³-hybridized carbons (Fsp3) is 0.552. The molecule has 7 rings (SSSR count). The predicted octanol–water partition coefficient (Wildman–Crippen LogP) is 5.30. The van der Waals surface area contributed by atoms with E-state index in [1.807, 2.05) is 15.9 Å². The molecule has 0 radical (unpaired) electrons. The van der Waals surface area contributed by atoms with Crippen molar-refractivity contribution in [2.45, 2.75) is 71.8 Å². The Morgan fingerprint density at radius 3 is 2.65 bits per heavy atom. The van der Waals surface area contributed by atoms with Crippen LogP contribution in [0.5, 0.6) is 0 Å². The number of thiophene rings is 1. The fourth-order valence-corrected chi connectivity index (χ4v) is 9.24. The summed E-state index contributed by atoms with van der Waals surface area (Å²) < 4.78 is 1.91. The molecule has 2 N–H and O–H groups in total. The van der Waals surface area contributed by atoms with Crippen LogP contribution >= 0.6 is 11.3 Å². The Balaban J connectivity index is 1.25. The Bertz CT molecular complexity index is 1540. The number of pyridine rings is 1. The van der Waals surface area contributed by atoms with Gasteiger partial charge in [0, 0.05) is 41.2 Å². The number of carbonyl (C=O) groups excluding carboxylic acids is 1. The van der Waals surface area contributed by atoms with Crippen LogP contribution in [-0.2, 0) is 4.79 Å². The number of aryl methyl sites for hydroxylation is 2. The smallest absolute Gasteiger partial charge is 0.234 e. The highest BCUT2D eigenvalue weighted by Crippen LogP contribution is 2.57. The standard InChI is InChI=1S/C29H36N6OS/c1-14(2)24-25-17(5)27(20-9-19-8-18(20)10-22(19)34-7-6-30-23(36)12-34)37-29(25)33-26(24)21-11-35-28(31-13-32-35)16(4)15(21)3/h11,13-14,18-20,22,33H,6-10,12H2,1-5H3,(H,30,36)/t18-,19-,20?,22?/m0/s1. The van der Waals surface area contributed by atoms with Gasteiger partial charge in [-0.1, -0.05) is 13.8 Å². The molecular formula is C29H36N6OS. The number of hydrogen-bond donors (Lipinski definition) is 2. The number of rotatable bonds is 4. The minimum Gasteiger partial charge on any atom is -0.354 e. The molecule has 194 valence electrons. The van der Waals surface area contributed by atoms with Crippen LogP contribution in [0.3, 0.4) is 0 Å². The SMILES string of the molecule is Cc1c(-c2[nH]c3sc(C4C[C@@H]5C[C@H]4CC5N4CCNC(=O)C4)c(C)c3c2C(C)C)cn2ncnc2c1C. The van der Waals surface area contributed by atoms with Crippen LogP contribution in [-0.4, -0.2) is 56.1 Å². The van der Waals surface area contributed by atoms with Crippen molar-refractivity contribution >= 4 is 33.1 Å². The monoisotopic (exact) mass is 516 g/mol. The number of aromatic nitrogens is 4. The highest BCUT2D eigenvalue weighted by molar-refractivity contribution is 7.19. The minimum atomic E-state index is 0.194. The summed E-state index contributed by atoms with van der Waals surface area (Å²) in [6, 6.07) is 0.591. The molecule has 2 bridgehead atoms. The zero-order chi connectivity index (χ0) is 25.6. The molecular weight excluding hydrogens is 480 g/mol. The first-order chi connectivity index (χ1) is 17.8. The van der Waals surface area contributed by atoms with E-state index in [4.69, 9.17) is 0 Å². The van der Waals surface area contributed by atoms with Crippen molar-refractivity contribution in [3.05, 3.63) is 39.7 Å². The zero-order valence-electron chi connectivity index (χ0n) is 22.4. The topological polar surface area (TPSA) is 78.3 Å². The second-order valence-electron chi connectivity index (χ2n) is 11.9. The first-order valence-electron chi connectivity index (χ1n) is 13.8. The third-order valence-electron chi connectivity index (χ3n) is 9.63. The van der Waals surface area contributed by atoms with Gasteiger partial charge in [-0.2, -0.15) is 5.10 Å². The molecule has 37 heavy (non-hydrogen) atoms. The average molecular weight is 517 g/mol. The zero-order valence-corrected chi connectivity index (χ0v) is 23.2. The van der Waals surface area contributed by atoms with Crippen LogP contribution < -0.4 is 5.32 Å². The summed E-state index contributed by atoms with van der Waals surface area (Å²) in [5.74, 6) is 2.72. The molecule has 1 amide bonds. The maximum absolute atomic E-state index is 12.0. The van der Waals surface area contributed by atoms with Gasteiger partial charge in [0.05, 0.1) is 12.2 Å². The second kappa shape index (κ2) is 8.40. The van der Waals surface area contributed by atoms with Gasteiger partial charge < -0.3 is 10.3 Å². The molecule has 4 aromatic rings. The molecule has 2 saturated carbocycles. The Morgan fingerprint density at radius 1 is 1.08 bits per heavy atom. The van der Waals surface area contributed by atoms with E-state index in [2.05, 4.69) is 66.1 Å². The van der Waals surface area contributed by atoms with Gasteiger partial charge in [-0.3, -0.25) is 9.69 Å². The Labute approximate surface area is 221 Å². The van der Waals surface area contributed by atoms with Crippen molar-refractivity contribution in [2.24, 2.45) is 11.8 Å². The van der Waals surface area contributed by atoms with Crippen molar-refractivity contribution in [3.8, 4) is 11.3 Å². The maximum Gasteiger partial charge on any atom is 0.234 e. The number of amides is 1. The molecule has 3 aliphatic rings. The van der Waals surface area contributed by atoms with Crippen molar-refractivity contribution in [2.75, 3.05) is 19.6 Å². The van der Waals surface area contributed by atoms with Gasteiger partial charge in [0.15, 0.2) is 5.65 Å². The van der Waals surface area contributed by atoms with Crippen LogP contribution in [0.1, 0.15) is 72.1 Å². The van der Waals surface area contributed by atoms with Crippen molar-refractivity contribution in [1.29, 1.82) is 0 Å². The normalized spacial score (nSPS) is 26.3. The van der Waals surface area contributed by atoms with E-state index in [0.717, 1.165) is 30.6 Å². The van der Waals surface area contributed by atoms with Crippen LogP contribution in [0, 0.1) is 32.6 Å². The molecule has 1 saturated heterocycles. The highest BCUT2D eigenvalue weighted by Gasteiger charge is 2.49. The average Bonchev–Trinajstić information content (AvgIpc) is 3.68. The number of aromatic amines is 1. The molecule has 7 nitrogen and oxygen atoms in total. The molecule has 4 atom stereocenters. The molecule has 2 aliphatic carbocycles. The van der Waals surface area contributed by atoms with Crippen LogP contribution in [0.2, 0.25) is 0 Å². The Kier molecular flexibility index (Phi) is 5.31. The fourth-order valence-electron chi connectivity index (χ4n) is 7.80. The van der Waals surface area contributed by atoms with E-state index in [1.165, 1.54) is 63.0 Å². The summed E-state index contributed by atoms with van der Waals surface area (Å²) in [7, 11) is 0. The largest absolute Gasteiger partial charge is 0.354 e. The Morgan fingerprint density at radius 2 is 1.92 bits per heavy atom. The Hall–Kier alpha value is -2.71. The summed E-state index contributed by atoms with van der Waals surface area (Å²) in [5.41, 5.74) is 8.74. The first kappa shape index (κ1) is 23.4. The van der Waals surface area contributed by atoms with Crippen molar-refractivity contribution in [1.82, 2.24) is 29.8 Å². The first-order valence-corrected chi connectivity index (χ1v) is 14.6. The molecule has 1 aliphatic heterocycles. The van der Waals surface area contributed by atoms with Crippen molar-refractivity contribution < 1.29 is 4.79 Å². The summed E-state index contributed by atoms with van der Waals surface area (Å²) >= 11 is 1.99. The number of carbonyl (C=O) groups is 1. The van der Waals surface area contributed by atoms with E-state index in [9.17, 15) is 4.79 Å². The van der Waals surface area contributed by atoms with Gasteiger partial charge in [-0.25, -0.2) is 9.50 Å².